The molecule has 1 aromatic carbocycles. The molecule has 0 N–H and O–H groups in total. The highest BCUT2D eigenvalue weighted by Gasteiger charge is 2.51. The molecule has 1 heterocycles. The molecule has 0 spiro atoms. The first-order valence-corrected chi connectivity index (χ1v) is 6.93. The molecule has 0 radical (unpaired) electrons. The highest BCUT2D eigenvalue weighted by Crippen LogP contribution is 2.37. The molecule has 0 aromatic heterocycles. The van der Waals surface area contributed by atoms with Crippen molar-refractivity contribution in [3.63, 3.8) is 0 Å². The molecule has 0 unspecified atom stereocenters. The summed E-state index contributed by atoms with van der Waals surface area (Å²) >= 11 is 0. The molecule has 0 bridgehead atoms. The van der Waals surface area contributed by atoms with Crippen molar-refractivity contribution in [1.29, 1.82) is 0 Å². The van der Waals surface area contributed by atoms with Crippen LogP contribution in [0.3, 0.4) is 0 Å². The van der Waals surface area contributed by atoms with E-state index in [2.05, 4.69) is 0 Å². The fraction of sp³-hybridized carbons (Fsp3) is 0.600. The van der Waals surface area contributed by atoms with E-state index in [1.807, 2.05) is 27.7 Å². The first kappa shape index (κ1) is 15.5. The Morgan fingerprint density at radius 2 is 1.65 bits per heavy atom. The van der Waals surface area contributed by atoms with E-state index in [1.165, 1.54) is 19.1 Å². The molecule has 1 fully saturated rings. The predicted molar refractivity (Wildman–Crippen MR) is 76.3 cm³/mol. The molecule has 110 valence electrons. The fourth-order valence-corrected chi connectivity index (χ4v) is 2.10. The summed E-state index contributed by atoms with van der Waals surface area (Å²) in [5.41, 5.74) is -0.302. The van der Waals surface area contributed by atoms with E-state index in [-0.39, 0.29) is 12.0 Å². The summed E-state index contributed by atoms with van der Waals surface area (Å²) in [6.07, 6.45) is -0.222. The van der Waals surface area contributed by atoms with Crippen LogP contribution in [-0.2, 0) is 15.2 Å². The third-order valence-corrected chi connectivity index (χ3v) is 4.28. The van der Waals surface area contributed by atoms with Crippen LogP contribution < -0.4 is 5.46 Å². The molecule has 0 aliphatic carbocycles. The van der Waals surface area contributed by atoms with Crippen LogP contribution in [0.2, 0.25) is 0 Å². The van der Waals surface area contributed by atoms with Gasteiger partial charge >= 0.3 is 7.12 Å². The zero-order chi connectivity index (χ0) is 15.2. The van der Waals surface area contributed by atoms with Crippen LogP contribution in [0.15, 0.2) is 24.3 Å². The molecule has 1 aromatic rings. The lowest BCUT2D eigenvalue weighted by molar-refractivity contribution is -0.00821. The number of benzene rings is 1. The summed E-state index contributed by atoms with van der Waals surface area (Å²) in [5.74, 6) is -2.82. The van der Waals surface area contributed by atoms with Gasteiger partial charge in [-0.2, -0.15) is 0 Å². The summed E-state index contributed by atoms with van der Waals surface area (Å²) in [5, 5.41) is 0. The Morgan fingerprint density at radius 1 is 1.10 bits per heavy atom. The lowest BCUT2D eigenvalue weighted by atomic mass is 9.78. The molecule has 0 amide bonds. The second-order valence-electron chi connectivity index (χ2n) is 6.27. The van der Waals surface area contributed by atoms with Gasteiger partial charge in [0, 0.05) is 12.0 Å². The zero-order valence-electron chi connectivity index (χ0n) is 12.7. The van der Waals surface area contributed by atoms with Crippen LogP contribution in [-0.4, -0.2) is 18.3 Å². The molecule has 0 saturated carbocycles. The Bertz CT molecular complexity index is 484. The van der Waals surface area contributed by atoms with Crippen LogP contribution in [0.1, 0.15) is 46.6 Å². The van der Waals surface area contributed by atoms with E-state index in [4.69, 9.17) is 9.31 Å². The van der Waals surface area contributed by atoms with Crippen molar-refractivity contribution in [2.24, 2.45) is 0 Å². The quantitative estimate of drug-likeness (QED) is 0.790. The maximum Gasteiger partial charge on any atom is 0.494 e. The molecule has 5 heteroatoms. The third-order valence-electron chi connectivity index (χ3n) is 4.28. The van der Waals surface area contributed by atoms with E-state index in [1.54, 1.807) is 12.1 Å². The van der Waals surface area contributed by atoms with E-state index in [9.17, 15) is 8.78 Å². The fourth-order valence-electron chi connectivity index (χ4n) is 2.10. The maximum atomic E-state index is 13.8. The lowest BCUT2D eigenvalue weighted by Gasteiger charge is -2.32. The van der Waals surface area contributed by atoms with Crippen LogP contribution >= 0.6 is 0 Å². The second kappa shape index (κ2) is 4.81. The second-order valence-corrected chi connectivity index (χ2v) is 6.27. The average Bonchev–Trinajstić information content (AvgIpc) is 2.59. The highest BCUT2D eigenvalue weighted by molar-refractivity contribution is 6.62. The van der Waals surface area contributed by atoms with Crippen molar-refractivity contribution in [2.45, 2.75) is 58.2 Å². The molecule has 1 aliphatic heterocycles. The number of alkyl halides is 2. The molecule has 1 aliphatic rings. The normalized spacial score (nSPS) is 21.2. The minimum Gasteiger partial charge on any atom is -0.399 e. The van der Waals surface area contributed by atoms with Crippen molar-refractivity contribution in [1.82, 2.24) is 0 Å². The largest absolute Gasteiger partial charge is 0.494 e. The lowest BCUT2D eigenvalue weighted by Crippen LogP contribution is -2.41. The molecule has 2 nitrogen and oxygen atoms in total. The van der Waals surface area contributed by atoms with Crippen molar-refractivity contribution < 1.29 is 18.1 Å². The number of rotatable bonds is 3. The van der Waals surface area contributed by atoms with Gasteiger partial charge in [-0.05, 0) is 33.2 Å². The summed E-state index contributed by atoms with van der Waals surface area (Å²) in [6.45, 7) is 9.24. The minimum absolute atomic E-state index is 0.00668. The maximum absolute atomic E-state index is 13.8. The Morgan fingerprint density at radius 3 is 2.15 bits per heavy atom. The SMILES string of the molecule is CCC(F)(F)c1cccc(B2OC(C)(C)C(C)(C)O2)c1. The Balaban J connectivity index is 2.30. The van der Waals surface area contributed by atoms with Crippen molar-refractivity contribution >= 4 is 12.6 Å². The molecule has 2 rings (SSSR count). The summed E-state index contributed by atoms with van der Waals surface area (Å²) in [6, 6.07) is 6.31. The number of hydrogen-bond donors (Lipinski definition) is 0. The van der Waals surface area contributed by atoms with E-state index < -0.39 is 24.2 Å². The van der Waals surface area contributed by atoms with Crippen molar-refractivity contribution in [2.75, 3.05) is 0 Å². The van der Waals surface area contributed by atoms with Gasteiger partial charge in [-0.15, -0.1) is 0 Å². The monoisotopic (exact) mass is 282 g/mol. The number of halogens is 2. The average molecular weight is 282 g/mol. The van der Waals surface area contributed by atoms with Crippen LogP contribution in [0.25, 0.3) is 0 Å². The minimum atomic E-state index is -2.82. The molecular formula is C15H21BF2O2. The van der Waals surface area contributed by atoms with Gasteiger partial charge < -0.3 is 9.31 Å². The van der Waals surface area contributed by atoms with Gasteiger partial charge in [-0.3, -0.25) is 0 Å². The first-order valence-electron chi connectivity index (χ1n) is 6.93. The van der Waals surface area contributed by atoms with E-state index >= 15 is 0 Å². The summed E-state index contributed by atoms with van der Waals surface area (Å²) < 4.78 is 39.3. The number of hydrogen-bond acceptors (Lipinski definition) is 2. The van der Waals surface area contributed by atoms with Gasteiger partial charge in [0.2, 0.25) is 0 Å². The van der Waals surface area contributed by atoms with E-state index in [0.29, 0.717) is 5.46 Å². The molecule has 20 heavy (non-hydrogen) atoms. The Hall–Kier alpha value is -0.935. The topological polar surface area (TPSA) is 18.5 Å². The van der Waals surface area contributed by atoms with Crippen LogP contribution in [0.5, 0.6) is 0 Å². The van der Waals surface area contributed by atoms with Crippen molar-refractivity contribution in [3.8, 4) is 0 Å². The smallest absolute Gasteiger partial charge is 0.399 e. The van der Waals surface area contributed by atoms with Crippen LogP contribution in [0.4, 0.5) is 8.78 Å². The molecule has 0 atom stereocenters. The zero-order valence-corrected chi connectivity index (χ0v) is 12.7. The van der Waals surface area contributed by atoms with Gasteiger partial charge in [-0.1, -0.05) is 31.2 Å². The van der Waals surface area contributed by atoms with Gasteiger partial charge in [0.1, 0.15) is 0 Å². The highest BCUT2D eigenvalue weighted by atomic mass is 19.3. The van der Waals surface area contributed by atoms with E-state index in [0.717, 1.165) is 0 Å². The summed E-state index contributed by atoms with van der Waals surface area (Å²) in [7, 11) is -0.604. The predicted octanol–water partition coefficient (Wildman–Crippen LogP) is 3.49. The Labute approximate surface area is 119 Å². The Kier molecular flexibility index (Phi) is 3.72. The van der Waals surface area contributed by atoms with Gasteiger partial charge in [0.05, 0.1) is 11.2 Å². The summed E-state index contributed by atoms with van der Waals surface area (Å²) in [4.78, 5) is 0. The van der Waals surface area contributed by atoms with Gasteiger partial charge in [-0.25, -0.2) is 8.78 Å². The third kappa shape index (κ3) is 2.61. The van der Waals surface area contributed by atoms with Gasteiger partial charge in [0.25, 0.3) is 5.92 Å². The standard InChI is InChI=1S/C15H21BF2O2/c1-6-15(17,18)11-8-7-9-12(10-11)16-19-13(2,3)14(4,5)20-16/h7-10H,6H2,1-5H3. The van der Waals surface area contributed by atoms with Crippen molar-refractivity contribution in [3.05, 3.63) is 29.8 Å². The molecular weight excluding hydrogens is 261 g/mol. The van der Waals surface area contributed by atoms with Crippen LogP contribution in [0, 0.1) is 0 Å². The van der Waals surface area contributed by atoms with Gasteiger partial charge in [0.15, 0.2) is 0 Å². The first-order chi connectivity index (χ1) is 9.09. The molecule has 1 saturated heterocycles.